The lowest BCUT2D eigenvalue weighted by Crippen LogP contribution is -2.23. The zero-order chi connectivity index (χ0) is 15.4. The molecule has 0 saturated carbocycles. The van der Waals surface area contributed by atoms with Gasteiger partial charge in [0.25, 0.3) is 0 Å². The van der Waals surface area contributed by atoms with Gasteiger partial charge in [0.05, 0.1) is 23.7 Å². The van der Waals surface area contributed by atoms with Gasteiger partial charge in [-0.15, -0.1) is 11.6 Å². The number of aryl methyl sites for hydroxylation is 1. The topological polar surface area (TPSA) is 27.1 Å². The minimum absolute atomic E-state index is 0.245. The van der Waals surface area contributed by atoms with Gasteiger partial charge in [-0.05, 0) is 31.0 Å². The first-order chi connectivity index (χ1) is 10.1. The lowest BCUT2D eigenvalue weighted by atomic mass is 10.0. The van der Waals surface area contributed by atoms with Gasteiger partial charge in [0.2, 0.25) is 0 Å². The van der Waals surface area contributed by atoms with Crippen LogP contribution in [0.4, 0.5) is 0 Å². The Labute approximate surface area is 136 Å². The second-order valence-corrected chi connectivity index (χ2v) is 6.26. The molecule has 0 radical (unpaired) electrons. The van der Waals surface area contributed by atoms with Crippen molar-refractivity contribution in [1.29, 1.82) is 0 Å². The van der Waals surface area contributed by atoms with Crippen LogP contribution in [0, 0.1) is 5.92 Å². The van der Waals surface area contributed by atoms with Crippen molar-refractivity contribution >= 4 is 34.2 Å². The largest absolute Gasteiger partial charge is 0.380 e. The summed E-state index contributed by atoms with van der Waals surface area (Å²) in [4.78, 5) is 4.71. The van der Waals surface area contributed by atoms with Crippen LogP contribution in [0.5, 0.6) is 0 Å². The molecule has 21 heavy (non-hydrogen) atoms. The van der Waals surface area contributed by atoms with Gasteiger partial charge < -0.3 is 9.30 Å². The number of fused-ring (bicyclic) bond motifs is 1. The summed E-state index contributed by atoms with van der Waals surface area (Å²) in [5.74, 6) is 2.00. The van der Waals surface area contributed by atoms with E-state index in [0.29, 0.717) is 30.0 Å². The van der Waals surface area contributed by atoms with E-state index in [2.05, 4.69) is 18.4 Å². The molecule has 116 valence electrons. The van der Waals surface area contributed by atoms with Gasteiger partial charge in [0, 0.05) is 23.9 Å². The van der Waals surface area contributed by atoms with Crippen LogP contribution < -0.4 is 0 Å². The SMILES string of the molecule is CCOCC(C(C)C)n1c(CCCl)nc2cc(Cl)ccc21. The first-order valence-electron chi connectivity index (χ1n) is 7.38. The van der Waals surface area contributed by atoms with Gasteiger partial charge in [-0.2, -0.15) is 0 Å². The Hall–Kier alpha value is -0.770. The van der Waals surface area contributed by atoms with Crippen LogP contribution in [0.3, 0.4) is 0 Å². The summed E-state index contributed by atoms with van der Waals surface area (Å²) < 4.78 is 7.95. The van der Waals surface area contributed by atoms with E-state index in [1.165, 1.54) is 0 Å². The Morgan fingerprint density at radius 1 is 1.33 bits per heavy atom. The van der Waals surface area contributed by atoms with E-state index in [4.69, 9.17) is 32.9 Å². The molecule has 0 aliphatic rings. The second kappa shape index (κ2) is 7.48. The predicted octanol–water partition coefficient (Wildman–Crippen LogP) is 4.70. The first kappa shape index (κ1) is 16.6. The Kier molecular flexibility index (Phi) is 5.91. The van der Waals surface area contributed by atoms with Crippen molar-refractivity contribution in [3.63, 3.8) is 0 Å². The van der Waals surface area contributed by atoms with Crippen LogP contribution in [0.25, 0.3) is 11.0 Å². The number of hydrogen-bond acceptors (Lipinski definition) is 2. The molecule has 0 bridgehead atoms. The summed E-state index contributed by atoms with van der Waals surface area (Å²) in [5, 5.41) is 0.704. The molecule has 0 aliphatic carbocycles. The van der Waals surface area contributed by atoms with Crippen molar-refractivity contribution in [2.75, 3.05) is 19.1 Å². The standard InChI is InChI=1S/C16H22Cl2N2O/c1-4-21-10-15(11(2)3)20-14-6-5-12(18)9-13(14)19-16(20)7-8-17/h5-6,9,11,15H,4,7-8,10H2,1-3H3. The molecule has 0 fully saturated rings. The number of imidazole rings is 1. The molecule has 2 rings (SSSR count). The number of hydrogen-bond donors (Lipinski definition) is 0. The number of rotatable bonds is 7. The molecule has 0 amide bonds. The molecule has 1 aromatic carbocycles. The lowest BCUT2D eigenvalue weighted by Gasteiger charge is -2.25. The normalized spacial score (nSPS) is 13.2. The van der Waals surface area contributed by atoms with Crippen LogP contribution in [0.15, 0.2) is 18.2 Å². The minimum Gasteiger partial charge on any atom is -0.380 e. The molecule has 3 nitrogen and oxygen atoms in total. The van der Waals surface area contributed by atoms with Gasteiger partial charge >= 0.3 is 0 Å². The van der Waals surface area contributed by atoms with E-state index in [0.717, 1.165) is 23.3 Å². The van der Waals surface area contributed by atoms with Gasteiger partial charge in [-0.3, -0.25) is 0 Å². The zero-order valence-electron chi connectivity index (χ0n) is 12.8. The van der Waals surface area contributed by atoms with E-state index >= 15 is 0 Å². The number of halogens is 2. The Balaban J connectivity index is 2.53. The molecular weight excluding hydrogens is 307 g/mol. The first-order valence-corrected chi connectivity index (χ1v) is 8.29. The van der Waals surface area contributed by atoms with Crippen LogP contribution in [0.2, 0.25) is 5.02 Å². The van der Waals surface area contributed by atoms with Crippen LogP contribution >= 0.6 is 23.2 Å². The fourth-order valence-corrected chi connectivity index (χ4v) is 2.89. The maximum atomic E-state index is 6.08. The summed E-state index contributed by atoms with van der Waals surface area (Å²) in [6.07, 6.45) is 0.739. The summed E-state index contributed by atoms with van der Waals surface area (Å²) in [6, 6.07) is 6.09. The third-order valence-corrected chi connectivity index (χ3v) is 4.06. The fourth-order valence-electron chi connectivity index (χ4n) is 2.56. The molecule has 1 atom stereocenters. The minimum atomic E-state index is 0.245. The molecule has 2 aromatic rings. The van der Waals surface area contributed by atoms with Gasteiger partial charge in [0.15, 0.2) is 0 Å². The highest BCUT2D eigenvalue weighted by Gasteiger charge is 2.22. The Morgan fingerprint density at radius 2 is 2.10 bits per heavy atom. The maximum absolute atomic E-state index is 6.08. The molecular formula is C16H22Cl2N2O. The Bertz CT molecular complexity index is 595. The third kappa shape index (κ3) is 3.71. The van der Waals surface area contributed by atoms with Crippen molar-refractivity contribution in [2.24, 2.45) is 5.92 Å². The molecule has 1 unspecified atom stereocenters. The predicted molar refractivity (Wildman–Crippen MR) is 89.5 cm³/mol. The zero-order valence-corrected chi connectivity index (χ0v) is 14.3. The second-order valence-electron chi connectivity index (χ2n) is 5.44. The third-order valence-electron chi connectivity index (χ3n) is 3.64. The Morgan fingerprint density at radius 3 is 2.71 bits per heavy atom. The smallest absolute Gasteiger partial charge is 0.111 e. The van der Waals surface area contributed by atoms with E-state index in [-0.39, 0.29) is 6.04 Å². The lowest BCUT2D eigenvalue weighted by molar-refractivity contribution is 0.0969. The van der Waals surface area contributed by atoms with E-state index in [1.54, 1.807) is 0 Å². The summed E-state index contributed by atoms with van der Waals surface area (Å²) in [6.45, 7) is 7.82. The maximum Gasteiger partial charge on any atom is 0.111 e. The highest BCUT2D eigenvalue weighted by molar-refractivity contribution is 6.31. The van der Waals surface area contributed by atoms with Crippen LogP contribution in [0.1, 0.15) is 32.6 Å². The van der Waals surface area contributed by atoms with Crippen molar-refractivity contribution < 1.29 is 4.74 Å². The average Bonchev–Trinajstić information content (AvgIpc) is 2.77. The molecule has 1 heterocycles. The number of alkyl halides is 1. The van der Waals surface area contributed by atoms with Crippen molar-refractivity contribution in [1.82, 2.24) is 9.55 Å². The molecule has 0 saturated heterocycles. The quantitative estimate of drug-likeness (QED) is 0.688. The van der Waals surface area contributed by atoms with Gasteiger partial charge in [-0.25, -0.2) is 4.98 Å². The van der Waals surface area contributed by atoms with Gasteiger partial charge in [0.1, 0.15) is 5.82 Å². The summed E-state index contributed by atoms with van der Waals surface area (Å²) >= 11 is 12.0. The van der Waals surface area contributed by atoms with E-state index < -0.39 is 0 Å². The van der Waals surface area contributed by atoms with Crippen LogP contribution in [-0.2, 0) is 11.2 Å². The molecule has 1 aromatic heterocycles. The summed E-state index contributed by atoms with van der Waals surface area (Å²) in [5.41, 5.74) is 2.02. The average molecular weight is 329 g/mol. The van der Waals surface area contributed by atoms with E-state index in [1.807, 2.05) is 25.1 Å². The summed E-state index contributed by atoms with van der Waals surface area (Å²) in [7, 11) is 0. The van der Waals surface area contributed by atoms with Crippen molar-refractivity contribution in [2.45, 2.75) is 33.2 Å². The number of ether oxygens (including phenoxy) is 1. The molecule has 0 N–H and O–H groups in total. The highest BCUT2D eigenvalue weighted by Crippen LogP contribution is 2.28. The van der Waals surface area contributed by atoms with E-state index in [9.17, 15) is 0 Å². The molecule has 0 aliphatic heterocycles. The highest BCUT2D eigenvalue weighted by atomic mass is 35.5. The van der Waals surface area contributed by atoms with Crippen molar-refractivity contribution in [3.05, 3.63) is 29.0 Å². The number of benzene rings is 1. The fraction of sp³-hybridized carbons (Fsp3) is 0.562. The number of nitrogens with zero attached hydrogens (tertiary/aromatic N) is 2. The molecule has 0 spiro atoms. The molecule has 5 heteroatoms. The van der Waals surface area contributed by atoms with Crippen LogP contribution in [-0.4, -0.2) is 28.6 Å². The monoisotopic (exact) mass is 328 g/mol. The van der Waals surface area contributed by atoms with Crippen molar-refractivity contribution in [3.8, 4) is 0 Å². The number of aromatic nitrogens is 2. The van der Waals surface area contributed by atoms with Gasteiger partial charge in [-0.1, -0.05) is 25.4 Å².